The summed E-state index contributed by atoms with van der Waals surface area (Å²) >= 11 is 0. The number of carbonyl (C=O) groups is 2. The van der Waals surface area contributed by atoms with E-state index in [1.54, 1.807) is 0 Å². The van der Waals surface area contributed by atoms with E-state index in [0.29, 0.717) is 12.8 Å². The van der Waals surface area contributed by atoms with Gasteiger partial charge in [-0.15, -0.1) is 0 Å². The normalized spacial score (nSPS) is 23.6. The van der Waals surface area contributed by atoms with Crippen molar-refractivity contribution in [2.45, 2.75) is 63.4 Å². The molecule has 0 aromatic rings. The number of hydrogen-bond donors (Lipinski definition) is 3. The number of ether oxygens (including phenoxy) is 2. The van der Waals surface area contributed by atoms with Gasteiger partial charge in [-0.1, -0.05) is 25.7 Å². The zero-order chi connectivity index (χ0) is 15.0. The second-order valence-corrected chi connectivity index (χ2v) is 4.90. The van der Waals surface area contributed by atoms with E-state index < -0.39 is 30.6 Å². The third-order valence-electron chi connectivity index (χ3n) is 3.13. The minimum atomic E-state index is -2.82. The van der Waals surface area contributed by atoms with Crippen LogP contribution in [-0.2, 0) is 19.1 Å². The molecule has 7 heteroatoms. The molecular formula is C13H22O7. The van der Waals surface area contributed by atoms with Crippen LogP contribution in [0.15, 0.2) is 0 Å². The van der Waals surface area contributed by atoms with Crippen LogP contribution < -0.4 is 0 Å². The van der Waals surface area contributed by atoms with E-state index in [9.17, 15) is 19.8 Å². The van der Waals surface area contributed by atoms with Crippen molar-refractivity contribution < 1.29 is 34.4 Å². The number of aliphatic hydroxyl groups excluding tert-OH is 2. The Morgan fingerprint density at radius 2 is 1.35 bits per heavy atom. The maximum atomic E-state index is 11.6. The molecule has 20 heavy (non-hydrogen) atoms. The topological polar surface area (TPSA) is 113 Å². The first-order valence-electron chi connectivity index (χ1n) is 6.93. The molecule has 1 unspecified atom stereocenters. The average molecular weight is 290 g/mol. The van der Waals surface area contributed by atoms with Gasteiger partial charge >= 0.3 is 17.9 Å². The van der Waals surface area contributed by atoms with E-state index in [0.717, 1.165) is 25.7 Å². The van der Waals surface area contributed by atoms with Crippen molar-refractivity contribution in [3.8, 4) is 0 Å². The van der Waals surface area contributed by atoms with E-state index in [4.69, 9.17) is 5.11 Å². The Morgan fingerprint density at radius 1 is 0.950 bits per heavy atom. The van der Waals surface area contributed by atoms with Crippen molar-refractivity contribution in [2.24, 2.45) is 0 Å². The molecule has 1 fully saturated rings. The van der Waals surface area contributed by atoms with Crippen molar-refractivity contribution in [1.82, 2.24) is 0 Å². The SMILES string of the molecule is O=C1CCCCCCCCC(=O)OC(O)(C(O)CO)O1. The lowest BCUT2D eigenvalue weighted by Gasteiger charge is -2.29. The summed E-state index contributed by atoms with van der Waals surface area (Å²) in [6, 6.07) is 0. The number of carbonyl (C=O) groups excluding carboxylic acids is 2. The highest BCUT2D eigenvalue weighted by Crippen LogP contribution is 2.20. The standard InChI is InChI=1S/C13H22O7/c14-9-10(15)13(18)19-11(16)7-5-3-1-2-4-6-8-12(17)20-13/h10,14-15,18H,1-9H2. The lowest BCUT2D eigenvalue weighted by molar-refractivity contribution is -0.364. The summed E-state index contributed by atoms with van der Waals surface area (Å²) in [5, 5.41) is 28.3. The van der Waals surface area contributed by atoms with Crippen molar-refractivity contribution in [2.75, 3.05) is 6.61 Å². The number of cyclic esters (lactones) is 2. The van der Waals surface area contributed by atoms with Gasteiger partial charge in [0.2, 0.25) is 0 Å². The van der Waals surface area contributed by atoms with Gasteiger partial charge in [-0.2, -0.15) is 0 Å². The highest BCUT2D eigenvalue weighted by atomic mass is 16.8. The number of hydrogen-bond acceptors (Lipinski definition) is 7. The van der Waals surface area contributed by atoms with Gasteiger partial charge in [0, 0.05) is 12.8 Å². The molecule has 1 heterocycles. The molecule has 0 aromatic carbocycles. The Balaban J connectivity index is 2.76. The van der Waals surface area contributed by atoms with Gasteiger partial charge in [-0.25, -0.2) is 0 Å². The average Bonchev–Trinajstić information content (AvgIpc) is 2.40. The quantitative estimate of drug-likeness (QED) is 0.623. The fourth-order valence-electron chi connectivity index (χ4n) is 1.95. The maximum absolute atomic E-state index is 11.6. The zero-order valence-electron chi connectivity index (χ0n) is 11.4. The molecule has 1 rings (SSSR count). The Bertz CT molecular complexity index is 305. The molecule has 0 saturated carbocycles. The molecule has 0 radical (unpaired) electrons. The molecule has 1 saturated heterocycles. The summed E-state index contributed by atoms with van der Waals surface area (Å²) in [6.07, 6.45) is 3.03. The predicted molar refractivity (Wildman–Crippen MR) is 67.2 cm³/mol. The minimum absolute atomic E-state index is 0.0536. The number of aliphatic hydroxyl groups is 3. The van der Waals surface area contributed by atoms with Crippen LogP contribution in [0.25, 0.3) is 0 Å². The number of esters is 2. The van der Waals surface area contributed by atoms with Crippen molar-refractivity contribution in [3.63, 3.8) is 0 Å². The summed E-state index contributed by atoms with van der Waals surface area (Å²) in [7, 11) is 0. The highest BCUT2D eigenvalue weighted by Gasteiger charge is 2.44. The summed E-state index contributed by atoms with van der Waals surface area (Å²) in [5.74, 6) is -4.39. The molecule has 1 aliphatic heterocycles. The molecule has 0 amide bonds. The molecule has 116 valence electrons. The van der Waals surface area contributed by atoms with E-state index in [1.807, 2.05) is 0 Å². The summed E-state index contributed by atoms with van der Waals surface area (Å²) < 4.78 is 9.28. The van der Waals surface area contributed by atoms with Gasteiger partial charge in [-0.05, 0) is 12.8 Å². The van der Waals surface area contributed by atoms with Crippen LogP contribution in [0.5, 0.6) is 0 Å². The zero-order valence-corrected chi connectivity index (χ0v) is 11.4. The summed E-state index contributed by atoms with van der Waals surface area (Å²) in [5.41, 5.74) is 0. The van der Waals surface area contributed by atoms with Crippen LogP contribution >= 0.6 is 0 Å². The molecule has 3 N–H and O–H groups in total. The van der Waals surface area contributed by atoms with Crippen LogP contribution in [0.2, 0.25) is 0 Å². The highest BCUT2D eigenvalue weighted by molar-refractivity contribution is 5.71. The molecule has 0 aliphatic carbocycles. The van der Waals surface area contributed by atoms with Crippen LogP contribution in [0.4, 0.5) is 0 Å². The van der Waals surface area contributed by atoms with Crippen molar-refractivity contribution in [1.29, 1.82) is 0 Å². The largest absolute Gasteiger partial charge is 0.403 e. The van der Waals surface area contributed by atoms with Crippen molar-refractivity contribution >= 4 is 11.9 Å². The fraction of sp³-hybridized carbons (Fsp3) is 0.846. The molecule has 1 atom stereocenters. The van der Waals surface area contributed by atoms with Gasteiger partial charge in [0.1, 0.15) is 0 Å². The summed E-state index contributed by atoms with van der Waals surface area (Å²) in [6.45, 7) is -0.906. The minimum Gasteiger partial charge on any atom is -0.396 e. The Kier molecular flexibility index (Phi) is 6.90. The first-order valence-corrected chi connectivity index (χ1v) is 6.93. The molecule has 0 bridgehead atoms. The van der Waals surface area contributed by atoms with Gasteiger partial charge < -0.3 is 24.8 Å². The molecule has 7 nitrogen and oxygen atoms in total. The van der Waals surface area contributed by atoms with Gasteiger partial charge in [0.25, 0.3) is 0 Å². The van der Waals surface area contributed by atoms with Gasteiger partial charge in [-0.3, -0.25) is 9.59 Å². The van der Waals surface area contributed by atoms with Gasteiger partial charge in [0.05, 0.1) is 6.61 Å². The lowest BCUT2D eigenvalue weighted by Crippen LogP contribution is -2.51. The van der Waals surface area contributed by atoms with Gasteiger partial charge in [0.15, 0.2) is 6.10 Å². The molecule has 0 aromatic heterocycles. The first-order chi connectivity index (χ1) is 9.48. The molecule has 0 spiro atoms. The fourth-order valence-corrected chi connectivity index (χ4v) is 1.95. The molecule has 1 aliphatic rings. The van der Waals surface area contributed by atoms with E-state index >= 15 is 0 Å². The Labute approximate surface area is 117 Å². The summed E-state index contributed by atoms with van der Waals surface area (Å²) in [4.78, 5) is 23.1. The third-order valence-corrected chi connectivity index (χ3v) is 3.13. The second kappa shape index (κ2) is 8.18. The first kappa shape index (κ1) is 16.9. The van der Waals surface area contributed by atoms with Crippen molar-refractivity contribution in [3.05, 3.63) is 0 Å². The smallest absolute Gasteiger partial charge is 0.396 e. The maximum Gasteiger partial charge on any atom is 0.403 e. The Morgan fingerprint density at radius 3 is 1.75 bits per heavy atom. The number of rotatable bonds is 2. The van der Waals surface area contributed by atoms with Crippen LogP contribution in [-0.4, -0.2) is 45.9 Å². The van der Waals surface area contributed by atoms with Crippen LogP contribution in [0, 0.1) is 0 Å². The van der Waals surface area contributed by atoms with E-state index in [1.165, 1.54) is 0 Å². The van der Waals surface area contributed by atoms with E-state index in [-0.39, 0.29) is 12.8 Å². The lowest BCUT2D eigenvalue weighted by atomic mass is 10.1. The monoisotopic (exact) mass is 290 g/mol. The van der Waals surface area contributed by atoms with Crippen LogP contribution in [0.3, 0.4) is 0 Å². The third kappa shape index (κ3) is 5.44. The van der Waals surface area contributed by atoms with Crippen LogP contribution in [0.1, 0.15) is 51.4 Å². The van der Waals surface area contributed by atoms with E-state index in [2.05, 4.69) is 9.47 Å². The Hall–Kier alpha value is -1.18. The predicted octanol–water partition coefficient (Wildman–Crippen LogP) is 0.207. The molecular weight excluding hydrogens is 268 g/mol. The second-order valence-electron chi connectivity index (χ2n) is 4.90.